The molecule has 1 aromatic carbocycles. The lowest BCUT2D eigenvalue weighted by molar-refractivity contribution is -0.136. The van der Waals surface area contributed by atoms with Gasteiger partial charge < -0.3 is 9.53 Å². The van der Waals surface area contributed by atoms with E-state index in [1.54, 1.807) is 0 Å². The Hall–Kier alpha value is -1.13. The number of aryl methyl sites for hydroxylation is 1. The van der Waals surface area contributed by atoms with E-state index in [9.17, 15) is 9.90 Å². The number of unbranched alkanes of at least 4 members (excludes halogenated alkanes) is 4. The zero-order chi connectivity index (χ0) is 14.8. The standard InChI is InChI=1S/C16H23O3Si/c1-2-3-4-5-6-9-13-10-7-8-11-14(13)15(12-17)16(18)19-20/h7-8,10-11,15,17H,2-6,9,12H2,1H3. The van der Waals surface area contributed by atoms with Crippen LogP contribution in [-0.2, 0) is 15.6 Å². The lowest BCUT2D eigenvalue weighted by atomic mass is 9.92. The number of aliphatic hydroxyl groups excluding tert-OH is 1. The van der Waals surface area contributed by atoms with Gasteiger partial charge in [-0.05, 0) is 24.0 Å². The largest absolute Gasteiger partial charge is 0.516 e. The van der Waals surface area contributed by atoms with E-state index in [1.165, 1.54) is 25.7 Å². The molecule has 3 radical (unpaired) electrons. The Morgan fingerprint density at radius 3 is 2.60 bits per heavy atom. The number of benzene rings is 1. The molecule has 1 atom stereocenters. The smallest absolute Gasteiger partial charge is 0.345 e. The Bertz CT molecular complexity index is 406. The molecule has 0 aromatic heterocycles. The molecule has 3 nitrogen and oxygen atoms in total. The van der Waals surface area contributed by atoms with Gasteiger partial charge in [-0.15, -0.1) is 0 Å². The van der Waals surface area contributed by atoms with Crippen molar-refractivity contribution in [3.8, 4) is 0 Å². The van der Waals surface area contributed by atoms with Crippen molar-refractivity contribution in [1.82, 2.24) is 0 Å². The minimum atomic E-state index is -0.612. The normalized spacial score (nSPS) is 12.2. The van der Waals surface area contributed by atoms with Crippen molar-refractivity contribution in [1.29, 1.82) is 0 Å². The summed E-state index contributed by atoms with van der Waals surface area (Å²) in [6.45, 7) is 1.96. The Morgan fingerprint density at radius 2 is 1.95 bits per heavy atom. The highest BCUT2D eigenvalue weighted by atomic mass is 28.2. The second-order valence-corrected chi connectivity index (χ2v) is 5.22. The summed E-state index contributed by atoms with van der Waals surface area (Å²) in [7, 11) is 2.75. The van der Waals surface area contributed by atoms with E-state index in [0.29, 0.717) is 0 Å². The number of carbonyl (C=O) groups is 1. The van der Waals surface area contributed by atoms with Crippen molar-refractivity contribution in [2.45, 2.75) is 51.4 Å². The van der Waals surface area contributed by atoms with Gasteiger partial charge in [-0.3, -0.25) is 4.79 Å². The molecule has 0 saturated carbocycles. The van der Waals surface area contributed by atoms with Gasteiger partial charge in [0.1, 0.15) is 5.92 Å². The maximum Gasteiger partial charge on any atom is 0.345 e. The van der Waals surface area contributed by atoms with Crippen molar-refractivity contribution in [2.75, 3.05) is 6.61 Å². The molecule has 1 N–H and O–H groups in total. The van der Waals surface area contributed by atoms with Crippen LogP contribution in [0.1, 0.15) is 56.1 Å². The summed E-state index contributed by atoms with van der Waals surface area (Å²) >= 11 is 0. The topological polar surface area (TPSA) is 46.5 Å². The van der Waals surface area contributed by atoms with Gasteiger partial charge in [-0.2, -0.15) is 0 Å². The van der Waals surface area contributed by atoms with Gasteiger partial charge in [0.2, 0.25) is 0 Å². The van der Waals surface area contributed by atoms with Gasteiger partial charge >= 0.3 is 16.5 Å². The highest BCUT2D eigenvalue weighted by molar-refractivity contribution is 6.06. The zero-order valence-corrected chi connectivity index (χ0v) is 13.1. The number of carbonyl (C=O) groups excluding carboxylic acids is 1. The van der Waals surface area contributed by atoms with Crippen LogP contribution < -0.4 is 0 Å². The van der Waals surface area contributed by atoms with Crippen molar-refractivity contribution in [3.05, 3.63) is 35.4 Å². The van der Waals surface area contributed by atoms with E-state index >= 15 is 0 Å². The van der Waals surface area contributed by atoms with E-state index in [2.05, 4.69) is 21.8 Å². The predicted octanol–water partition coefficient (Wildman–Crippen LogP) is 2.90. The molecule has 0 aliphatic heterocycles. The minimum absolute atomic E-state index is 0.240. The molecule has 0 fully saturated rings. The number of rotatable bonds is 9. The Kier molecular flexibility index (Phi) is 8.22. The average molecular weight is 291 g/mol. The fourth-order valence-electron chi connectivity index (χ4n) is 2.39. The van der Waals surface area contributed by atoms with Crippen LogP contribution in [0.3, 0.4) is 0 Å². The summed E-state index contributed by atoms with van der Waals surface area (Å²) in [6.07, 6.45) is 7.01. The molecule has 0 spiro atoms. The van der Waals surface area contributed by atoms with Crippen LogP contribution in [0.15, 0.2) is 24.3 Å². The van der Waals surface area contributed by atoms with E-state index in [4.69, 9.17) is 0 Å². The number of hydrogen-bond acceptors (Lipinski definition) is 3. The summed E-state index contributed by atoms with van der Waals surface area (Å²) in [4.78, 5) is 11.7. The molecule has 1 rings (SSSR count). The Labute approximate surface area is 124 Å². The lowest BCUT2D eigenvalue weighted by Crippen LogP contribution is -2.19. The van der Waals surface area contributed by atoms with Gasteiger partial charge in [-0.25, -0.2) is 0 Å². The summed E-state index contributed by atoms with van der Waals surface area (Å²) < 4.78 is 4.58. The fourth-order valence-corrected chi connectivity index (χ4v) is 2.53. The van der Waals surface area contributed by atoms with Crippen LogP contribution in [0.5, 0.6) is 0 Å². The quantitative estimate of drug-likeness (QED) is 0.562. The predicted molar refractivity (Wildman–Crippen MR) is 80.6 cm³/mol. The molecule has 109 valence electrons. The molecular weight excluding hydrogens is 268 g/mol. The number of aliphatic hydroxyl groups is 1. The Morgan fingerprint density at radius 1 is 1.25 bits per heavy atom. The SMILES string of the molecule is CCCCCCCc1ccccc1C(CO)C(=O)O[Si]. The first-order valence-corrected chi connectivity index (χ1v) is 7.71. The maximum absolute atomic E-state index is 11.7. The summed E-state index contributed by atoms with van der Waals surface area (Å²) in [5, 5.41) is 9.42. The van der Waals surface area contributed by atoms with Crippen molar-refractivity contribution in [3.63, 3.8) is 0 Å². The highest BCUT2D eigenvalue weighted by Crippen LogP contribution is 2.23. The van der Waals surface area contributed by atoms with Crippen LogP contribution in [-0.4, -0.2) is 28.2 Å². The molecule has 0 bridgehead atoms. The van der Waals surface area contributed by atoms with Crippen molar-refractivity contribution >= 4 is 16.5 Å². The first-order valence-electron chi connectivity index (χ1n) is 7.30. The second kappa shape index (κ2) is 9.72. The zero-order valence-electron chi connectivity index (χ0n) is 12.1. The molecule has 0 aliphatic carbocycles. The average Bonchev–Trinajstić information content (AvgIpc) is 2.49. The molecule has 1 unspecified atom stereocenters. The first-order chi connectivity index (χ1) is 9.74. The van der Waals surface area contributed by atoms with E-state index in [0.717, 1.165) is 24.0 Å². The van der Waals surface area contributed by atoms with Gasteiger partial charge in [0.25, 0.3) is 0 Å². The molecular formula is C16H23O3Si. The summed E-state index contributed by atoms with van der Waals surface area (Å²) in [6, 6.07) is 7.78. The van der Waals surface area contributed by atoms with Crippen LogP contribution in [0.2, 0.25) is 0 Å². The van der Waals surface area contributed by atoms with E-state index in [1.807, 2.05) is 24.3 Å². The fraction of sp³-hybridized carbons (Fsp3) is 0.562. The molecule has 1 aromatic rings. The van der Waals surface area contributed by atoms with Crippen molar-refractivity contribution in [2.24, 2.45) is 0 Å². The third kappa shape index (κ3) is 5.10. The first kappa shape index (κ1) is 16.9. The monoisotopic (exact) mass is 291 g/mol. The molecule has 20 heavy (non-hydrogen) atoms. The second-order valence-electron chi connectivity index (χ2n) is 5.02. The van der Waals surface area contributed by atoms with Crippen LogP contribution >= 0.6 is 0 Å². The molecule has 0 amide bonds. The maximum atomic E-state index is 11.7. The Balaban J connectivity index is 2.69. The molecule has 0 aliphatic rings. The molecule has 4 heteroatoms. The van der Waals surface area contributed by atoms with Crippen LogP contribution in [0.4, 0.5) is 0 Å². The van der Waals surface area contributed by atoms with Crippen LogP contribution in [0.25, 0.3) is 0 Å². The van der Waals surface area contributed by atoms with Gasteiger partial charge in [0.05, 0.1) is 6.61 Å². The lowest BCUT2D eigenvalue weighted by Gasteiger charge is -2.16. The third-order valence-corrected chi connectivity index (χ3v) is 3.75. The van der Waals surface area contributed by atoms with Crippen molar-refractivity contribution < 1.29 is 14.3 Å². The summed E-state index contributed by atoms with van der Waals surface area (Å²) in [5.41, 5.74) is 1.99. The van der Waals surface area contributed by atoms with Gasteiger partial charge in [-0.1, -0.05) is 56.9 Å². The minimum Gasteiger partial charge on any atom is -0.516 e. The van der Waals surface area contributed by atoms with Gasteiger partial charge in [0, 0.05) is 0 Å². The number of hydrogen-bond donors (Lipinski definition) is 1. The third-order valence-electron chi connectivity index (χ3n) is 3.55. The van der Waals surface area contributed by atoms with Gasteiger partial charge in [0.15, 0.2) is 0 Å². The molecule has 0 saturated heterocycles. The van der Waals surface area contributed by atoms with Crippen LogP contribution in [0, 0.1) is 0 Å². The molecule has 0 heterocycles. The van der Waals surface area contributed by atoms with E-state index in [-0.39, 0.29) is 6.61 Å². The highest BCUT2D eigenvalue weighted by Gasteiger charge is 2.22. The van der Waals surface area contributed by atoms with E-state index < -0.39 is 11.9 Å². The summed E-state index contributed by atoms with van der Waals surface area (Å²) in [5.74, 6) is -1.07.